The molecular formula is C21H22NO2P. The van der Waals surface area contributed by atoms with Gasteiger partial charge in [0.15, 0.2) is 7.14 Å². The summed E-state index contributed by atoms with van der Waals surface area (Å²) in [6.45, 7) is 4.00. The van der Waals surface area contributed by atoms with Crippen LogP contribution in [-0.4, -0.2) is 5.91 Å². The van der Waals surface area contributed by atoms with Gasteiger partial charge in [-0.1, -0.05) is 92.7 Å². The van der Waals surface area contributed by atoms with Crippen LogP contribution in [0.3, 0.4) is 0 Å². The van der Waals surface area contributed by atoms with Gasteiger partial charge < -0.3 is 10.3 Å². The van der Waals surface area contributed by atoms with Gasteiger partial charge in [0.1, 0.15) is 0 Å². The molecule has 3 aromatic carbocycles. The Bertz CT molecular complexity index is 833. The van der Waals surface area contributed by atoms with Gasteiger partial charge in [-0.05, 0) is 6.07 Å². The Hall–Kier alpha value is -2.64. The first-order valence-electron chi connectivity index (χ1n) is 8.24. The maximum absolute atomic E-state index is 14.1. The molecule has 0 aliphatic rings. The lowest BCUT2D eigenvalue weighted by atomic mass is 10.2. The van der Waals surface area contributed by atoms with Crippen molar-refractivity contribution in [3.63, 3.8) is 0 Å². The van der Waals surface area contributed by atoms with Gasteiger partial charge in [-0.15, -0.1) is 0 Å². The van der Waals surface area contributed by atoms with Crippen molar-refractivity contribution in [3.05, 3.63) is 90.5 Å². The molecule has 0 unspecified atom stereocenters. The lowest BCUT2D eigenvalue weighted by molar-refractivity contribution is 0.100. The van der Waals surface area contributed by atoms with Crippen LogP contribution in [0.2, 0.25) is 0 Å². The second-order valence-electron chi connectivity index (χ2n) is 5.16. The second-order valence-corrected chi connectivity index (χ2v) is 7.89. The molecule has 0 saturated heterocycles. The molecule has 3 nitrogen and oxygen atoms in total. The predicted octanol–water partition coefficient (Wildman–Crippen LogP) is 3.45. The second kappa shape index (κ2) is 8.46. The van der Waals surface area contributed by atoms with Gasteiger partial charge in [0.05, 0.1) is 5.56 Å². The van der Waals surface area contributed by atoms with E-state index in [1.807, 2.05) is 74.5 Å². The third-order valence-electron chi connectivity index (χ3n) is 3.75. The number of hydrogen-bond donors (Lipinski definition) is 1. The molecule has 1 amide bonds. The summed E-state index contributed by atoms with van der Waals surface area (Å²) in [6.07, 6.45) is 0. The molecule has 0 aromatic heterocycles. The maximum atomic E-state index is 14.1. The van der Waals surface area contributed by atoms with Crippen molar-refractivity contribution in [2.24, 2.45) is 5.73 Å². The van der Waals surface area contributed by atoms with E-state index < -0.39 is 13.0 Å². The normalized spacial score (nSPS) is 10.5. The van der Waals surface area contributed by atoms with Crippen LogP contribution in [0.5, 0.6) is 0 Å². The largest absolute Gasteiger partial charge is 0.366 e. The highest BCUT2D eigenvalue weighted by molar-refractivity contribution is 7.85. The molecular weight excluding hydrogens is 329 g/mol. The molecule has 0 heterocycles. The molecule has 0 atom stereocenters. The zero-order valence-corrected chi connectivity index (χ0v) is 15.3. The number of amides is 1. The number of primary amides is 1. The molecule has 0 radical (unpaired) electrons. The first-order valence-corrected chi connectivity index (χ1v) is 9.95. The van der Waals surface area contributed by atoms with Gasteiger partial charge in [0.2, 0.25) is 5.91 Å². The smallest absolute Gasteiger partial charge is 0.249 e. The Morgan fingerprint density at radius 1 is 0.720 bits per heavy atom. The summed E-state index contributed by atoms with van der Waals surface area (Å²) >= 11 is 0. The number of nitrogens with two attached hydrogens (primary N) is 1. The first kappa shape index (κ1) is 18.7. The molecule has 0 saturated carbocycles. The lowest BCUT2D eigenvalue weighted by Crippen LogP contribution is -2.30. The van der Waals surface area contributed by atoms with Crippen LogP contribution in [0, 0.1) is 0 Å². The fourth-order valence-corrected chi connectivity index (χ4v) is 5.52. The molecule has 25 heavy (non-hydrogen) atoms. The zero-order valence-electron chi connectivity index (χ0n) is 14.4. The summed E-state index contributed by atoms with van der Waals surface area (Å²) in [5.74, 6) is -0.576. The summed E-state index contributed by atoms with van der Waals surface area (Å²) < 4.78 is 14.1. The minimum Gasteiger partial charge on any atom is -0.366 e. The third-order valence-corrected chi connectivity index (χ3v) is 6.87. The Morgan fingerprint density at radius 3 is 1.56 bits per heavy atom. The highest BCUT2D eigenvalue weighted by Crippen LogP contribution is 2.43. The SMILES string of the molecule is CC.NC(=O)c1ccccc1P(=O)(c1ccccc1)c1ccccc1. The van der Waals surface area contributed by atoms with Crippen molar-refractivity contribution in [1.82, 2.24) is 0 Å². The Balaban J connectivity index is 0.00000109. The molecule has 0 bridgehead atoms. The van der Waals surface area contributed by atoms with Crippen molar-refractivity contribution >= 4 is 29.0 Å². The van der Waals surface area contributed by atoms with Crippen LogP contribution in [0.15, 0.2) is 84.9 Å². The van der Waals surface area contributed by atoms with E-state index >= 15 is 0 Å². The zero-order chi connectivity index (χ0) is 18.3. The van der Waals surface area contributed by atoms with Gasteiger partial charge >= 0.3 is 0 Å². The van der Waals surface area contributed by atoms with Crippen LogP contribution >= 0.6 is 7.14 Å². The predicted molar refractivity (Wildman–Crippen MR) is 106 cm³/mol. The standard InChI is InChI=1S/C19H16NO2P.C2H6/c20-19(21)17-13-7-8-14-18(17)23(22,15-9-3-1-4-10-15)16-11-5-2-6-12-16;1-2/h1-14H,(H2,20,21);1-2H3. The molecule has 0 fully saturated rings. The van der Waals surface area contributed by atoms with Crippen molar-refractivity contribution in [3.8, 4) is 0 Å². The van der Waals surface area contributed by atoms with E-state index in [2.05, 4.69) is 0 Å². The summed E-state index contributed by atoms with van der Waals surface area (Å²) in [4.78, 5) is 11.8. The third kappa shape index (κ3) is 3.72. The van der Waals surface area contributed by atoms with E-state index in [-0.39, 0.29) is 0 Å². The Morgan fingerprint density at radius 2 is 1.12 bits per heavy atom. The van der Waals surface area contributed by atoms with E-state index in [1.54, 1.807) is 24.3 Å². The Labute approximate surface area is 148 Å². The number of hydrogen-bond acceptors (Lipinski definition) is 2. The fraction of sp³-hybridized carbons (Fsp3) is 0.0952. The topological polar surface area (TPSA) is 60.2 Å². The molecule has 2 N–H and O–H groups in total. The Kier molecular flexibility index (Phi) is 6.32. The average molecular weight is 351 g/mol. The monoisotopic (exact) mass is 351 g/mol. The van der Waals surface area contributed by atoms with Crippen LogP contribution in [-0.2, 0) is 4.57 Å². The lowest BCUT2D eigenvalue weighted by Gasteiger charge is -2.21. The summed E-state index contributed by atoms with van der Waals surface area (Å²) in [7, 11) is -3.17. The molecule has 0 spiro atoms. The summed E-state index contributed by atoms with van der Waals surface area (Å²) in [5, 5.41) is 1.84. The van der Waals surface area contributed by atoms with E-state index in [1.165, 1.54) is 0 Å². The van der Waals surface area contributed by atoms with Crippen LogP contribution in [0.4, 0.5) is 0 Å². The summed E-state index contributed by atoms with van der Waals surface area (Å²) in [5.41, 5.74) is 5.80. The van der Waals surface area contributed by atoms with Crippen molar-refractivity contribution in [2.75, 3.05) is 0 Å². The van der Waals surface area contributed by atoms with Gasteiger partial charge in [0, 0.05) is 15.9 Å². The number of carbonyl (C=O) groups excluding carboxylic acids is 1. The fourth-order valence-electron chi connectivity index (χ4n) is 2.66. The van der Waals surface area contributed by atoms with Crippen molar-refractivity contribution in [2.45, 2.75) is 13.8 Å². The molecule has 4 heteroatoms. The van der Waals surface area contributed by atoms with Crippen molar-refractivity contribution in [1.29, 1.82) is 0 Å². The molecule has 0 aliphatic heterocycles. The average Bonchev–Trinajstić information content (AvgIpc) is 2.70. The minimum atomic E-state index is -3.17. The molecule has 3 rings (SSSR count). The van der Waals surface area contributed by atoms with Gasteiger partial charge in [-0.25, -0.2) is 0 Å². The van der Waals surface area contributed by atoms with Gasteiger partial charge in [0.25, 0.3) is 0 Å². The van der Waals surface area contributed by atoms with E-state index in [0.29, 0.717) is 21.5 Å². The van der Waals surface area contributed by atoms with E-state index in [9.17, 15) is 9.36 Å². The van der Waals surface area contributed by atoms with Crippen LogP contribution in [0.1, 0.15) is 24.2 Å². The quantitative estimate of drug-likeness (QED) is 0.732. The molecule has 128 valence electrons. The summed E-state index contributed by atoms with van der Waals surface area (Å²) in [6, 6.07) is 25.3. The minimum absolute atomic E-state index is 0.295. The molecule has 0 aliphatic carbocycles. The number of rotatable bonds is 4. The highest BCUT2D eigenvalue weighted by Gasteiger charge is 2.32. The molecule has 3 aromatic rings. The van der Waals surface area contributed by atoms with E-state index in [0.717, 1.165) is 0 Å². The number of carbonyl (C=O) groups is 1. The van der Waals surface area contributed by atoms with E-state index in [4.69, 9.17) is 5.73 Å². The number of benzene rings is 3. The maximum Gasteiger partial charge on any atom is 0.249 e. The highest BCUT2D eigenvalue weighted by atomic mass is 31.2. The van der Waals surface area contributed by atoms with Crippen molar-refractivity contribution < 1.29 is 9.36 Å². The van der Waals surface area contributed by atoms with Gasteiger partial charge in [-0.3, -0.25) is 4.79 Å². The van der Waals surface area contributed by atoms with Crippen LogP contribution < -0.4 is 21.6 Å². The first-order chi connectivity index (χ1) is 12.1. The van der Waals surface area contributed by atoms with Gasteiger partial charge in [-0.2, -0.15) is 0 Å². The van der Waals surface area contributed by atoms with Crippen LogP contribution in [0.25, 0.3) is 0 Å².